The highest BCUT2D eigenvalue weighted by Crippen LogP contribution is 2.33. The molecule has 3 rings (SSSR count). The smallest absolute Gasteiger partial charge is 0.220 e. The zero-order valence-corrected chi connectivity index (χ0v) is 56.7. The molecule has 0 spiro atoms. The number of ether oxygens (including phenoxy) is 6. The molecule has 3 fully saturated rings. The van der Waals surface area contributed by atoms with E-state index in [1.54, 1.807) is 0 Å². The maximum absolute atomic E-state index is 13.4. The lowest BCUT2D eigenvalue weighted by atomic mass is 9.96. The highest BCUT2D eigenvalue weighted by molar-refractivity contribution is 5.76. The molecule has 3 aliphatic rings. The molecule has 0 aliphatic carbocycles. The Labute approximate surface area is 558 Å². The molecule has 536 valence electrons. The fraction of sp³-hybridized carbons (Fsp3) is 0.770. The van der Waals surface area contributed by atoms with E-state index in [-0.39, 0.29) is 18.9 Å². The van der Waals surface area contributed by atoms with Crippen molar-refractivity contribution in [3.63, 3.8) is 0 Å². The van der Waals surface area contributed by atoms with Gasteiger partial charge in [-0.2, -0.15) is 0 Å². The maximum Gasteiger partial charge on any atom is 0.220 e. The van der Waals surface area contributed by atoms with Crippen LogP contribution in [0.3, 0.4) is 0 Å². The van der Waals surface area contributed by atoms with Gasteiger partial charge >= 0.3 is 0 Å². The molecule has 1 amide bonds. The summed E-state index contributed by atoms with van der Waals surface area (Å²) in [6.07, 6.45) is 45.1. The topological polar surface area (TPSA) is 307 Å². The fourth-order valence-electron chi connectivity index (χ4n) is 11.6. The SMILES string of the molecule is CC/C=C\C/C=C\C/C=C\C/C=C\C/C=C\C/C=C\C/C=C\C/C=C\CCCCCCCCCCCCCCC(=O)NC(COC1OC(CO)C(OC2OC(CO)C(OC3OC(CO)C(O)C(O)C3O)C(O)C2O)C(O)C1O)C(O)CCCCCCCCCCCCC. The Balaban J connectivity index is 1.32. The van der Waals surface area contributed by atoms with E-state index in [0.29, 0.717) is 12.8 Å². The number of rotatable bonds is 54. The summed E-state index contributed by atoms with van der Waals surface area (Å²) in [7, 11) is 0. The van der Waals surface area contributed by atoms with Crippen molar-refractivity contribution in [1.82, 2.24) is 5.32 Å². The molecular formula is C74H127NO18. The Morgan fingerprint density at radius 1 is 0.398 bits per heavy atom. The molecule has 0 bridgehead atoms. The molecule has 3 saturated heterocycles. The van der Waals surface area contributed by atoms with Crippen LogP contribution in [-0.4, -0.2) is 193 Å². The first-order chi connectivity index (χ1) is 45.3. The van der Waals surface area contributed by atoms with Gasteiger partial charge < -0.3 is 89.9 Å². The standard InChI is InChI=1S/C74H127NO18/c1-3-5-7-9-11-13-15-16-17-18-19-20-21-22-23-24-25-26-27-28-29-30-31-32-33-34-35-36-37-38-39-40-42-44-46-48-50-52-62(80)75-57(58(79)51-49-47-45-43-41-14-12-10-8-6-4-2)56-88-72-68(86)65(83)70(60(54-77)90-72)93-74-69(87)66(84)71(61(55-78)91-74)92-73-67(85)64(82)63(81)59(53-76)89-73/h5,7,11,13,16-17,19-20,22-23,25-26,28-29,31-32,57-61,63-74,76-79,81-87H,3-4,6,8-10,12,14-15,18,21,24,27,30,33-56H2,1-2H3,(H,75,80)/b7-5-,13-11-,17-16-,20-19-,23-22-,26-25-,29-28-,32-31-. The molecule has 17 atom stereocenters. The summed E-state index contributed by atoms with van der Waals surface area (Å²) in [5, 5.41) is 120. The summed E-state index contributed by atoms with van der Waals surface area (Å²) in [5.41, 5.74) is 0. The summed E-state index contributed by atoms with van der Waals surface area (Å²) in [6, 6.07) is -0.892. The van der Waals surface area contributed by atoms with Gasteiger partial charge in [-0.25, -0.2) is 0 Å². The van der Waals surface area contributed by atoms with Crippen molar-refractivity contribution in [1.29, 1.82) is 0 Å². The first-order valence-electron chi connectivity index (χ1n) is 36.0. The molecule has 93 heavy (non-hydrogen) atoms. The van der Waals surface area contributed by atoms with Crippen LogP contribution in [0.1, 0.15) is 232 Å². The van der Waals surface area contributed by atoms with Gasteiger partial charge in [0.15, 0.2) is 18.9 Å². The number of hydrogen-bond donors (Lipinski definition) is 12. The van der Waals surface area contributed by atoms with Gasteiger partial charge in [0.05, 0.1) is 38.6 Å². The first-order valence-corrected chi connectivity index (χ1v) is 36.0. The van der Waals surface area contributed by atoms with Gasteiger partial charge in [-0.1, -0.05) is 246 Å². The van der Waals surface area contributed by atoms with Gasteiger partial charge in [0.1, 0.15) is 73.2 Å². The van der Waals surface area contributed by atoms with Gasteiger partial charge in [-0.05, 0) is 77.0 Å². The van der Waals surface area contributed by atoms with Crippen LogP contribution in [0.5, 0.6) is 0 Å². The Hall–Kier alpha value is -3.29. The fourth-order valence-corrected chi connectivity index (χ4v) is 11.6. The van der Waals surface area contributed by atoms with Gasteiger partial charge in [0.25, 0.3) is 0 Å². The first kappa shape index (κ1) is 83.9. The second-order valence-corrected chi connectivity index (χ2v) is 25.3. The van der Waals surface area contributed by atoms with Crippen LogP contribution >= 0.6 is 0 Å². The minimum Gasteiger partial charge on any atom is -0.394 e. The monoisotopic (exact) mass is 1320 g/mol. The summed E-state index contributed by atoms with van der Waals surface area (Å²) >= 11 is 0. The quantitative estimate of drug-likeness (QED) is 0.0199. The third-order valence-electron chi connectivity index (χ3n) is 17.4. The lowest BCUT2D eigenvalue weighted by Gasteiger charge is -2.48. The Bertz CT molecular complexity index is 2060. The van der Waals surface area contributed by atoms with E-state index in [1.807, 2.05) is 0 Å². The molecule has 19 nitrogen and oxygen atoms in total. The van der Waals surface area contributed by atoms with E-state index in [9.17, 15) is 61.0 Å². The minimum absolute atomic E-state index is 0.250. The predicted molar refractivity (Wildman–Crippen MR) is 364 cm³/mol. The van der Waals surface area contributed by atoms with Crippen LogP contribution in [0, 0.1) is 0 Å². The zero-order chi connectivity index (χ0) is 67.5. The van der Waals surface area contributed by atoms with E-state index in [4.69, 9.17) is 28.4 Å². The summed E-state index contributed by atoms with van der Waals surface area (Å²) in [5.74, 6) is -0.250. The maximum atomic E-state index is 13.4. The van der Waals surface area contributed by atoms with Crippen molar-refractivity contribution < 1.29 is 89.4 Å². The average molecular weight is 1320 g/mol. The molecule has 3 heterocycles. The highest BCUT2D eigenvalue weighted by atomic mass is 16.8. The third kappa shape index (κ3) is 36.2. The van der Waals surface area contributed by atoms with Gasteiger partial charge in [-0.15, -0.1) is 0 Å². The molecule has 12 N–H and O–H groups in total. The molecule has 17 unspecified atom stereocenters. The van der Waals surface area contributed by atoms with E-state index in [0.717, 1.165) is 103 Å². The molecule has 19 heteroatoms. The van der Waals surface area contributed by atoms with Crippen molar-refractivity contribution in [2.75, 3.05) is 26.4 Å². The molecule has 0 aromatic heterocycles. The number of aliphatic hydroxyl groups excluding tert-OH is 11. The summed E-state index contributed by atoms with van der Waals surface area (Å²) < 4.78 is 34.4. The van der Waals surface area contributed by atoms with E-state index in [1.165, 1.54) is 96.3 Å². The van der Waals surface area contributed by atoms with Crippen LogP contribution in [0.25, 0.3) is 0 Å². The van der Waals surface area contributed by atoms with Crippen molar-refractivity contribution in [2.24, 2.45) is 0 Å². The Morgan fingerprint density at radius 2 is 0.742 bits per heavy atom. The second-order valence-electron chi connectivity index (χ2n) is 25.3. The number of hydrogen-bond acceptors (Lipinski definition) is 18. The van der Waals surface area contributed by atoms with Crippen molar-refractivity contribution in [3.05, 3.63) is 97.2 Å². The van der Waals surface area contributed by atoms with E-state index >= 15 is 0 Å². The van der Waals surface area contributed by atoms with Crippen LogP contribution in [0.4, 0.5) is 0 Å². The van der Waals surface area contributed by atoms with Crippen LogP contribution in [-0.2, 0) is 33.2 Å². The van der Waals surface area contributed by atoms with Crippen molar-refractivity contribution >= 4 is 5.91 Å². The number of carbonyl (C=O) groups is 1. The van der Waals surface area contributed by atoms with Crippen LogP contribution in [0.15, 0.2) is 97.2 Å². The number of amides is 1. The molecule has 0 aromatic rings. The summed E-state index contributed by atoms with van der Waals surface area (Å²) in [6.45, 7) is 1.65. The molecule has 0 radical (unpaired) electrons. The van der Waals surface area contributed by atoms with Crippen molar-refractivity contribution in [3.8, 4) is 0 Å². The molecule has 0 saturated carbocycles. The zero-order valence-electron chi connectivity index (χ0n) is 56.7. The second kappa shape index (κ2) is 54.7. The number of unbranched alkanes of at least 4 members (excludes halogenated alkanes) is 22. The van der Waals surface area contributed by atoms with Gasteiger partial charge in [0, 0.05) is 6.42 Å². The Morgan fingerprint density at radius 3 is 1.16 bits per heavy atom. The predicted octanol–water partition coefficient (Wildman–Crippen LogP) is 10.0. The normalized spacial score (nSPS) is 28.1. The average Bonchev–Trinajstić information content (AvgIpc) is 0.805. The van der Waals surface area contributed by atoms with Crippen molar-refractivity contribution in [2.45, 2.75) is 336 Å². The lowest BCUT2D eigenvalue weighted by Crippen LogP contribution is -2.66. The van der Waals surface area contributed by atoms with Gasteiger partial charge in [-0.3, -0.25) is 4.79 Å². The lowest BCUT2D eigenvalue weighted by molar-refractivity contribution is -0.379. The Kier molecular flexibility index (Phi) is 49.4. The third-order valence-corrected chi connectivity index (χ3v) is 17.4. The largest absolute Gasteiger partial charge is 0.394 e. The van der Waals surface area contributed by atoms with E-state index in [2.05, 4.69) is 116 Å². The van der Waals surface area contributed by atoms with E-state index < -0.39 is 124 Å². The molecular weight excluding hydrogens is 1190 g/mol. The number of aliphatic hydroxyl groups is 11. The van der Waals surface area contributed by atoms with Crippen LogP contribution in [0.2, 0.25) is 0 Å². The number of allylic oxidation sites excluding steroid dienone is 16. The minimum atomic E-state index is -1.97. The number of carbonyl (C=O) groups excluding carboxylic acids is 1. The van der Waals surface area contributed by atoms with Gasteiger partial charge in [0.2, 0.25) is 5.91 Å². The summed E-state index contributed by atoms with van der Waals surface area (Å²) in [4.78, 5) is 13.4. The molecule has 3 aliphatic heterocycles. The number of nitrogens with one attached hydrogen (secondary N) is 1. The molecule has 0 aromatic carbocycles. The van der Waals surface area contributed by atoms with Crippen LogP contribution < -0.4 is 5.32 Å². The highest BCUT2D eigenvalue weighted by Gasteiger charge is 2.53.